The number of benzene rings is 1. The third-order valence-corrected chi connectivity index (χ3v) is 3.83. The van der Waals surface area contributed by atoms with Crippen molar-refractivity contribution in [2.45, 2.75) is 20.3 Å². The number of carbonyl (C=O) groups is 1. The van der Waals surface area contributed by atoms with E-state index in [9.17, 15) is 4.79 Å². The highest BCUT2D eigenvalue weighted by Gasteiger charge is 2.18. The van der Waals surface area contributed by atoms with Gasteiger partial charge < -0.3 is 16.0 Å². The molecule has 0 unspecified atom stereocenters. The van der Waals surface area contributed by atoms with E-state index < -0.39 is 0 Å². The monoisotopic (exact) mass is 331 g/mol. The molecule has 118 valence electrons. The van der Waals surface area contributed by atoms with Gasteiger partial charge in [0.25, 0.3) is 0 Å². The lowest BCUT2D eigenvalue weighted by molar-refractivity contribution is -0.116. The van der Waals surface area contributed by atoms with E-state index in [4.69, 9.17) is 28.9 Å². The molecule has 0 saturated carbocycles. The van der Waals surface area contributed by atoms with Crippen LogP contribution in [-0.4, -0.2) is 37.5 Å². The second kappa shape index (κ2) is 7.99. The Morgan fingerprint density at radius 3 is 2.43 bits per heavy atom. The lowest BCUT2D eigenvalue weighted by Crippen LogP contribution is -2.37. The SMILES string of the molecule is CN(CCC(=O)Nc1c(Cl)cccc1Cl)CC(C)(C)CN. The molecule has 21 heavy (non-hydrogen) atoms. The maximum Gasteiger partial charge on any atom is 0.225 e. The molecule has 0 saturated heterocycles. The zero-order chi connectivity index (χ0) is 16.0. The van der Waals surface area contributed by atoms with Crippen LogP contribution < -0.4 is 11.1 Å². The number of nitrogens with one attached hydrogen (secondary N) is 1. The summed E-state index contributed by atoms with van der Waals surface area (Å²) in [6.07, 6.45) is 0.374. The Bertz CT molecular complexity index is 472. The van der Waals surface area contributed by atoms with Gasteiger partial charge in [-0.15, -0.1) is 0 Å². The molecule has 0 heterocycles. The van der Waals surface area contributed by atoms with Crippen LogP contribution in [0.2, 0.25) is 10.0 Å². The molecule has 0 aromatic heterocycles. The Kier molecular flexibility index (Phi) is 6.94. The van der Waals surface area contributed by atoms with Crippen LogP contribution in [0.25, 0.3) is 0 Å². The molecular formula is C15H23Cl2N3O. The predicted octanol–water partition coefficient (Wildman–Crippen LogP) is 3.24. The summed E-state index contributed by atoms with van der Waals surface area (Å²) in [7, 11) is 1.98. The molecular weight excluding hydrogens is 309 g/mol. The van der Waals surface area contributed by atoms with Gasteiger partial charge in [-0.05, 0) is 31.1 Å². The van der Waals surface area contributed by atoms with E-state index >= 15 is 0 Å². The van der Waals surface area contributed by atoms with E-state index in [0.29, 0.717) is 35.2 Å². The summed E-state index contributed by atoms with van der Waals surface area (Å²) < 4.78 is 0. The highest BCUT2D eigenvalue weighted by Crippen LogP contribution is 2.29. The number of hydrogen-bond acceptors (Lipinski definition) is 3. The van der Waals surface area contributed by atoms with Crippen molar-refractivity contribution in [3.63, 3.8) is 0 Å². The van der Waals surface area contributed by atoms with Crippen LogP contribution in [0.15, 0.2) is 18.2 Å². The van der Waals surface area contributed by atoms with Crippen molar-refractivity contribution in [1.82, 2.24) is 4.90 Å². The second-order valence-electron chi connectivity index (χ2n) is 6.00. The van der Waals surface area contributed by atoms with Gasteiger partial charge in [0.1, 0.15) is 0 Å². The van der Waals surface area contributed by atoms with Crippen molar-refractivity contribution in [3.05, 3.63) is 28.2 Å². The fourth-order valence-corrected chi connectivity index (χ4v) is 2.48. The smallest absolute Gasteiger partial charge is 0.225 e. The van der Waals surface area contributed by atoms with Crippen molar-refractivity contribution >= 4 is 34.8 Å². The van der Waals surface area contributed by atoms with Crippen LogP contribution in [-0.2, 0) is 4.79 Å². The summed E-state index contributed by atoms with van der Waals surface area (Å²) >= 11 is 12.0. The van der Waals surface area contributed by atoms with Gasteiger partial charge in [0.15, 0.2) is 0 Å². The molecule has 0 aliphatic carbocycles. The number of hydrogen-bond donors (Lipinski definition) is 2. The Morgan fingerprint density at radius 1 is 1.33 bits per heavy atom. The molecule has 0 aliphatic heterocycles. The van der Waals surface area contributed by atoms with E-state index in [1.54, 1.807) is 18.2 Å². The number of anilines is 1. The Hall–Kier alpha value is -0.810. The van der Waals surface area contributed by atoms with Crippen molar-refractivity contribution in [1.29, 1.82) is 0 Å². The van der Waals surface area contributed by atoms with E-state index in [1.807, 2.05) is 7.05 Å². The molecule has 0 radical (unpaired) electrons. The fourth-order valence-electron chi connectivity index (χ4n) is 1.99. The first-order chi connectivity index (χ1) is 9.75. The molecule has 1 amide bonds. The molecule has 4 nitrogen and oxygen atoms in total. The molecule has 3 N–H and O–H groups in total. The summed E-state index contributed by atoms with van der Waals surface area (Å²) in [4.78, 5) is 14.1. The lowest BCUT2D eigenvalue weighted by atomic mass is 9.93. The summed E-state index contributed by atoms with van der Waals surface area (Å²) in [6, 6.07) is 5.13. The number of halogens is 2. The fraction of sp³-hybridized carbons (Fsp3) is 0.533. The summed E-state index contributed by atoms with van der Waals surface area (Å²) in [6.45, 7) is 6.31. The van der Waals surface area contributed by atoms with Gasteiger partial charge in [0.2, 0.25) is 5.91 Å². The zero-order valence-electron chi connectivity index (χ0n) is 12.7. The molecule has 6 heteroatoms. The minimum absolute atomic E-state index is 0.0390. The molecule has 0 atom stereocenters. The molecule has 0 fully saturated rings. The van der Waals surface area contributed by atoms with Crippen molar-refractivity contribution in [3.8, 4) is 0 Å². The molecule has 0 aliphatic rings. The highest BCUT2D eigenvalue weighted by atomic mass is 35.5. The van der Waals surface area contributed by atoms with Crippen LogP contribution in [0, 0.1) is 5.41 Å². The maximum absolute atomic E-state index is 12.0. The topological polar surface area (TPSA) is 58.4 Å². The Balaban J connectivity index is 2.48. The third-order valence-electron chi connectivity index (χ3n) is 3.20. The zero-order valence-corrected chi connectivity index (χ0v) is 14.3. The molecule has 0 bridgehead atoms. The number of carbonyl (C=O) groups excluding carboxylic acids is 1. The normalized spacial score (nSPS) is 11.8. The van der Waals surface area contributed by atoms with Crippen LogP contribution in [0.1, 0.15) is 20.3 Å². The predicted molar refractivity (Wildman–Crippen MR) is 90.0 cm³/mol. The van der Waals surface area contributed by atoms with Crippen LogP contribution in [0.3, 0.4) is 0 Å². The van der Waals surface area contributed by atoms with Gasteiger partial charge in [0.05, 0.1) is 15.7 Å². The minimum atomic E-state index is -0.109. The van der Waals surface area contributed by atoms with Crippen molar-refractivity contribution in [2.24, 2.45) is 11.1 Å². The number of para-hydroxylation sites is 1. The largest absolute Gasteiger partial charge is 0.330 e. The standard InChI is InChI=1S/C15H23Cl2N3O/c1-15(2,9-18)10-20(3)8-7-13(21)19-14-11(16)5-4-6-12(14)17/h4-6H,7-10,18H2,1-3H3,(H,19,21). The molecule has 1 aromatic carbocycles. The van der Waals surface area contributed by atoms with E-state index in [2.05, 4.69) is 24.1 Å². The average molecular weight is 332 g/mol. The maximum atomic E-state index is 12.0. The molecule has 1 aromatic rings. The highest BCUT2D eigenvalue weighted by molar-refractivity contribution is 6.39. The molecule has 1 rings (SSSR count). The van der Waals surface area contributed by atoms with Crippen molar-refractivity contribution in [2.75, 3.05) is 32.0 Å². The van der Waals surface area contributed by atoms with Crippen LogP contribution in [0.5, 0.6) is 0 Å². The third kappa shape index (κ3) is 6.22. The van der Waals surface area contributed by atoms with Gasteiger partial charge >= 0.3 is 0 Å². The van der Waals surface area contributed by atoms with Crippen molar-refractivity contribution < 1.29 is 4.79 Å². The van der Waals surface area contributed by atoms with Gasteiger partial charge in [-0.25, -0.2) is 0 Å². The first kappa shape index (κ1) is 18.2. The average Bonchev–Trinajstić information content (AvgIpc) is 2.40. The lowest BCUT2D eigenvalue weighted by Gasteiger charge is -2.28. The minimum Gasteiger partial charge on any atom is -0.330 e. The summed E-state index contributed by atoms with van der Waals surface area (Å²) in [5, 5.41) is 3.63. The first-order valence-electron chi connectivity index (χ1n) is 6.87. The Morgan fingerprint density at radius 2 is 1.90 bits per heavy atom. The van der Waals surface area contributed by atoms with Gasteiger partial charge in [0, 0.05) is 19.5 Å². The van der Waals surface area contributed by atoms with Gasteiger partial charge in [-0.1, -0.05) is 43.1 Å². The number of nitrogens with two attached hydrogens (primary N) is 1. The van der Waals surface area contributed by atoms with Gasteiger partial charge in [-0.2, -0.15) is 0 Å². The Labute approximate surface area is 136 Å². The number of rotatable bonds is 7. The first-order valence-corrected chi connectivity index (χ1v) is 7.63. The molecule has 0 spiro atoms. The van der Waals surface area contributed by atoms with Crippen LogP contribution in [0.4, 0.5) is 5.69 Å². The number of amides is 1. The van der Waals surface area contributed by atoms with E-state index in [0.717, 1.165) is 6.54 Å². The number of nitrogens with zero attached hydrogens (tertiary/aromatic N) is 1. The summed E-state index contributed by atoms with van der Waals surface area (Å²) in [5.74, 6) is -0.109. The van der Waals surface area contributed by atoms with E-state index in [-0.39, 0.29) is 11.3 Å². The quantitative estimate of drug-likeness (QED) is 0.806. The van der Waals surface area contributed by atoms with E-state index in [1.165, 1.54) is 0 Å². The second-order valence-corrected chi connectivity index (χ2v) is 6.82. The van der Waals surface area contributed by atoms with Gasteiger partial charge in [-0.3, -0.25) is 4.79 Å². The summed E-state index contributed by atoms with van der Waals surface area (Å²) in [5.41, 5.74) is 6.22. The van der Waals surface area contributed by atoms with Crippen LogP contribution >= 0.6 is 23.2 Å².